The van der Waals surface area contributed by atoms with E-state index in [4.69, 9.17) is 9.47 Å². The summed E-state index contributed by atoms with van der Waals surface area (Å²) in [5.41, 5.74) is 0. The van der Waals surface area contributed by atoms with Gasteiger partial charge in [-0.15, -0.1) is 0 Å². The van der Waals surface area contributed by atoms with Crippen LogP contribution in [-0.2, 0) is 19.1 Å². The molecule has 4 nitrogen and oxygen atoms in total. The Balaban J connectivity index is 3.53. The Bertz CT molecular complexity index is 221. The lowest BCUT2D eigenvalue weighted by Crippen LogP contribution is -2.14. The number of carbonyl (C=O) groups excluding carboxylic acids is 2. The SMILES string of the molecule is CC(C)CCOC(=O)CCC(=O)OC(C)C. The molecule has 0 radical (unpaired) electrons. The Morgan fingerprint density at radius 1 is 1.00 bits per heavy atom. The van der Waals surface area contributed by atoms with Crippen LogP contribution in [0.2, 0.25) is 0 Å². The molecule has 4 heteroatoms. The van der Waals surface area contributed by atoms with Crippen molar-refractivity contribution in [2.45, 2.75) is 53.1 Å². The summed E-state index contributed by atoms with van der Waals surface area (Å²) in [5.74, 6) is -0.170. The van der Waals surface area contributed by atoms with Crippen LogP contribution in [0.5, 0.6) is 0 Å². The van der Waals surface area contributed by atoms with Gasteiger partial charge in [0.2, 0.25) is 0 Å². The van der Waals surface area contributed by atoms with Gasteiger partial charge in [-0.2, -0.15) is 0 Å². The molecule has 0 unspecified atom stereocenters. The molecule has 0 aliphatic heterocycles. The van der Waals surface area contributed by atoms with E-state index in [1.807, 2.05) is 0 Å². The molecule has 0 aromatic heterocycles. The molecule has 16 heavy (non-hydrogen) atoms. The summed E-state index contributed by atoms with van der Waals surface area (Å²) in [6.45, 7) is 8.11. The third kappa shape index (κ3) is 9.49. The maximum absolute atomic E-state index is 11.2. The molecule has 0 saturated carbocycles. The van der Waals surface area contributed by atoms with Crippen molar-refractivity contribution < 1.29 is 19.1 Å². The molecule has 0 bridgehead atoms. The first-order valence-corrected chi connectivity index (χ1v) is 5.77. The third-order valence-electron chi connectivity index (χ3n) is 1.86. The fourth-order valence-electron chi connectivity index (χ4n) is 1.01. The number of rotatable bonds is 7. The summed E-state index contributed by atoms with van der Waals surface area (Å²) < 4.78 is 9.86. The molecule has 0 heterocycles. The van der Waals surface area contributed by atoms with Crippen molar-refractivity contribution in [2.75, 3.05) is 6.61 Å². The summed E-state index contributed by atoms with van der Waals surface area (Å²) in [6, 6.07) is 0. The van der Waals surface area contributed by atoms with Crippen LogP contribution < -0.4 is 0 Å². The molecular weight excluding hydrogens is 208 g/mol. The van der Waals surface area contributed by atoms with Crippen LogP contribution in [0, 0.1) is 5.92 Å². The Kier molecular flexibility index (Phi) is 7.60. The van der Waals surface area contributed by atoms with Gasteiger partial charge in [0.05, 0.1) is 25.6 Å². The second kappa shape index (κ2) is 8.13. The lowest BCUT2D eigenvalue weighted by Gasteiger charge is -2.08. The van der Waals surface area contributed by atoms with E-state index in [1.165, 1.54) is 0 Å². The minimum absolute atomic E-state index is 0.0959. The van der Waals surface area contributed by atoms with Gasteiger partial charge in [-0.05, 0) is 26.2 Å². The van der Waals surface area contributed by atoms with Crippen molar-refractivity contribution in [3.63, 3.8) is 0 Å². The highest BCUT2D eigenvalue weighted by molar-refractivity contribution is 5.77. The molecule has 0 saturated heterocycles. The Morgan fingerprint density at radius 2 is 1.56 bits per heavy atom. The summed E-state index contributed by atoms with van der Waals surface area (Å²) >= 11 is 0. The zero-order chi connectivity index (χ0) is 12.6. The van der Waals surface area contributed by atoms with Gasteiger partial charge in [0.15, 0.2) is 0 Å². The lowest BCUT2D eigenvalue weighted by atomic mass is 10.1. The molecule has 0 atom stereocenters. The first kappa shape index (κ1) is 14.9. The fourth-order valence-corrected chi connectivity index (χ4v) is 1.01. The quantitative estimate of drug-likeness (QED) is 0.630. The van der Waals surface area contributed by atoms with Crippen LogP contribution in [0.1, 0.15) is 47.0 Å². The molecule has 0 fully saturated rings. The van der Waals surface area contributed by atoms with Gasteiger partial charge >= 0.3 is 11.9 Å². The fraction of sp³-hybridized carbons (Fsp3) is 0.833. The second-order valence-electron chi connectivity index (χ2n) is 4.44. The van der Waals surface area contributed by atoms with Crippen LogP contribution in [0.25, 0.3) is 0 Å². The highest BCUT2D eigenvalue weighted by Crippen LogP contribution is 2.02. The van der Waals surface area contributed by atoms with Crippen LogP contribution in [0.3, 0.4) is 0 Å². The smallest absolute Gasteiger partial charge is 0.306 e. The second-order valence-corrected chi connectivity index (χ2v) is 4.44. The minimum atomic E-state index is -0.351. The molecule has 0 aromatic rings. The van der Waals surface area contributed by atoms with Gasteiger partial charge in [0.25, 0.3) is 0 Å². The largest absolute Gasteiger partial charge is 0.466 e. The third-order valence-corrected chi connectivity index (χ3v) is 1.86. The summed E-state index contributed by atoms with van der Waals surface area (Å²) in [7, 11) is 0. The predicted octanol–water partition coefficient (Wildman–Crippen LogP) is 2.31. The summed E-state index contributed by atoms with van der Waals surface area (Å²) in [5, 5.41) is 0. The highest BCUT2D eigenvalue weighted by atomic mass is 16.5. The van der Waals surface area contributed by atoms with E-state index in [0.29, 0.717) is 12.5 Å². The Hall–Kier alpha value is -1.06. The van der Waals surface area contributed by atoms with Crippen LogP contribution in [0.15, 0.2) is 0 Å². The van der Waals surface area contributed by atoms with Gasteiger partial charge in [0, 0.05) is 0 Å². The number of esters is 2. The van der Waals surface area contributed by atoms with E-state index in [1.54, 1.807) is 13.8 Å². The lowest BCUT2D eigenvalue weighted by molar-refractivity contribution is -0.152. The van der Waals surface area contributed by atoms with Crippen molar-refractivity contribution in [1.29, 1.82) is 0 Å². The van der Waals surface area contributed by atoms with Crippen molar-refractivity contribution in [2.24, 2.45) is 5.92 Å². The minimum Gasteiger partial charge on any atom is -0.466 e. The van der Waals surface area contributed by atoms with Crippen LogP contribution >= 0.6 is 0 Å². The molecular formula is C12H22O4. The van der Waals surface area contributed by atoms with E-state index in [9.17, 15) is 9.59 Å². The zero-order valence-corrected chi connectivity index (χ0v) is 10.6. The number of hydrogen-bond donors (Lipinski definition) is 0. The standard InChI is InChI=1S/C12H22O4/c1-9(2)7-8-15-11(13)5-6-12(14)16-10(3)4/h9-10H,5-8H2,1-4H3. The number of hydrogen-bond acceptors (Lipinski definition) is 4. The topological polar surface area (TPSA) is 52.6 Å². The maximum atomic E-state index is 11.2. The van der Waals surface area contributed by atoms with Gasteiger partial charge in [-0.3, -0.25) is 9.59 Å². The normalized spacial score (nSPS) is 10.6. The molecule has 0 aliphatic rings. The van der Waals surface area contributed by atoms with Crippen molar-refractivity contribution in [1.82, 2.24) is 0 Å². The van der Waals surface area contributed by atoms with E-state index < -0.39 is 0 Å². The van der Waals surface area contributed by atoms with E-state index in [2.05, 4.69) is 13.8 Å². The van der Waals surface area contributed by atoms with E-state index >= 15 is 0 Å². The summed E-state index contributed by atoms with van der Waals surface area (Å²) in [6.07, 6.45) is 0.911. The zero-order valence-electron chi connectivity index (χ0n) is 10.6. The van der Waals surface area contributed by atoms with Crippen LogP contribution in [-0.4, -0.2) is 24.6 Å². The summed E-state index contributed by atoms with van der Waals surface area (Å²) in [4.78, 5) is 22.3. The number of ether oxygens (including phenoxy) is 2. The molecule has 94 valence electrons. The molecule has 0 spiro atoms. The van der Waals surface area contributed by atoms with Gasteiger partial charge < -0.3 is 9.47 Å². The van der Waals surface area contributed by atoms with Gasteiger partial charge in [0.1, 0.15) is 0 Å². The average Bonchev–Trinajstić information content (AvgIpc) is 2.13. The van der Waals surface area contributed by atoms with Crippen molar-refractivity contribution in [3.8, 4) is 0 Å². The van der Waals surface area contributed by atoms with Crippen molar-refractivity contribution >= 4 is 11.9 Å². The van der Waals surface area contributed by atoms with Crippen LogP contribution in [0.4, 0.5) is 0 Å². The number of carbonyl (C=O) groups is 2. The Morgan fingerprint density at radius 3 is 2.06 bits per heavy atom. The predicted molar refractivity (Wildman–Crippen MR) is 60.9 cm³/mol. The molecule has 0 rings (SSSR count). The first-order valence-electron chi connectivity index (χ1n) is 5.77. The van der Waals surface area contributed by atoms with E-state index in [0.717, 1.165) is 6.42 Å². The van der Waals surface area contributed by atoms with Gasteiger partial charge in [-0.1, -0.05) is 13.8 Å². The molecule has 0 N–H and O–H groups in total. The maximum Gasteiger partial charge on any atom is 0.306 e. The monoisotopic (exact) mass is 230 g/mol. The van der Waals surface area contributed by atoms with E-state index in [-0.39, 0.29) is 30.9 Å². The van der Waals surface area contributed by atoms with Crippen molar-refractivity contribution in [3.05, 3.63) is 0 Å². The highest BCUT2D eigenvalue weighted by Gasteiger charge is 2.10. The average molecular weight is 230 g/mol. The molecule has 0 amide bonds. The first-order chi connectivity index (χ1) is 7.41. The Labute approximate surface area is 97.3 Å². The van der Waals surface area contributed by atoms with Gasteiger partial charge in [-0.25, -0.2) is 0 Å². The molecule has 0 aromatic carbocycles. The molecule has 0 aliphatic carbocycles.